The van der Waals surface area contributed by atoms with Crippen molar-refractivity contribution < 1.29 is 9.53 Å². The Morgan fingerprint density at radius 3 is 2.77 bits per heavy atom. The zero-order chi connectivity index (χ0) is 18.2. The minimum Gasteiger partial charge on any atom is -0.497 e. The summed E-state index contributed by atoms with van der Waals surface area (Å²) in [6.45, 7) is 2.39. The van der Waals surface area contributed by atoms with Crippen LogP contribution in [0.3, 0.4) is 0 Å². The monoisotopic (exact) mass is 370 g/mol. The van der Waals surface area contributed by atoms with E-state index >= 15 is 0 Å². The second kappa shape index (κ2) is 9.64. The largest absolute Gasteiger partial charge is 0.497 e. The first-order chi connectivity index (χ1) is 12.8. The van der Waals surface area contributed by atoms with Crippen LogP contribution in [-0.2, 0) is 11.2 Å². The fraction of sp³-hybridized carbons (Fsp3) is 0.381. The van der Waals surface area contributed by atoms with E-state index in [0.717, 1.165) is 43.1 Å². The van der Waals surface area contributed by atoms with E-state index < -0.39 is 0 Å². The third-order valence-electron chi connectivity index (χ3n) is 4.51. The van der Waals surface area contributed by atoms with E-state index in [-0.39, 0.29) is 5.91 Å². The molecule has 0 bridgehead atoms. The number of nitrogens with one attached hydrogen (secondary N) is 1. The Hall–Kier alpha value is -1.98. The number of benzene rings is 2. The van der Waals surface area contributed by atoms with Crippen LogP contribution < -0.4 is 15.0 Å². The van der Waals surface area contributed by atoms with Crippen LogP contribution in [0.15, 0.2) is 53.4 Å². The summed E-state index contributed by atoms with van der Waals surface area (Å²) in [5.74, 6) is 2.15. The van der Waals surface area contributed by atoms with Crippen molar-refractivity contribution in [3.05, 3.63) is 54.1 Å². The number of fused-ring (bicyclic) bond motifs is 1. The topological polar surface area (TPSA) is 41.6 Å². The number of carbonyl (C=O) groups is 1. The molecule has 3 rings (SSSR count). The molecular weight excluding hydrogens is 344 g/mol. The maximum atomic E-state index is 12.7. The van der Waals surface area contributed by atoms with Crippen molar-refractivity contribution in [2.45, 2.75) is 24.2 Å². The molecule has 1 aliphatic heterocycles. The number of para-hydroxylation sites is 1. The van der Waals surface area contributed by atoms with E-state index in [0.29, 0.717) is 13.0 Å². The Bertz CT molecular complexity index is 718. The highest BCUT2D eigenvalue weighted by Crippen LogP contribution is 2.33. The number of methoxy groups -OCH3 is 1. The van der Waals surface area contributed by atoms with Crippen molar-refractivity contribution in [1.29, 1.82) is 0 Å². The van der Waals surface area contributed by atoms with Gasteiger partial charge in [0.1, 0.15) is 5.75 Å². The first kappa shape index (κ1) is 18.8. The van der Waals surface area contributed by atoms with Crippen molar-refractivity contribution in [1.82, 2.24) is 5.32 Å². The van der Waals surface area contributed by atoms with Gasteiger partial charge in [-0.3, -0.25) is 4.79 Å². The molecule has 0 spiro atoms. The summed E-state index contributed by atoms with van der Waals surface area (Å²) < 4.78 is 5.17. The summed E-state index contributed by atoms with van der Waals surface area (Å²) in [6, 6.07) is 16.3. The first-order valence-corrected chi connectivity index (χ1v) is 10.1. The first-order valence-electron chi connectivity index (χ1n) is 9.14. The SMILES string of the molecule is COc1ccc(CCNCCC(=O)N2CCCSc3ccccc32)cc1. The molecule has 0 aromatic heterocycles. The van der Waals surface area contributed by atoms with Crippen LogP contribution in [0.4, 0.5) is 5.69 Å². The van der Waals surface area contributed by atoms with E-state index in [9.17, 15) is 4.79 Å². The minimum absolute atomic E-state index is 0.205. The van der Waals surface area contributed by atoms with E-state index in [2.05, 4.69) is 29.6 Å². The summed E-state index contributed by atoms with van der Waals surface area (Å²) in [6.07, 6.45) is 2.51. The zero-order valence-electron chi connectivity index (χ0n) is 15.2. The molecule has 1 heterocycles. The molecule has 2 aromatic carbocycles. The number of amides is 1. The Balaban J connectivity index is 1.44. The van der Waals surface area contributed by atoms with Crippen molar-refractivity contribution in [2.75, 3.05) is 37.4 Å². The predicted octanol–water partition coefficient (Wildman–Crippen LogP) is 3.75. The standard InChI is InChI=1S/C21H26N2O2S/c1-25-18-9-7-17(8-10-18)11-13-22-14-12-21(24)23-15-4-16-26-20-6-3-2-5-19(20)23/h2-3,5-10,22H,4,11-16H2,1H3. The summed E-state index contributed by atoms with van der Waals surface area (Å²) in [7, 11) is 1.68. The van der Waals surface area contributed by atoms with Crippen molar-refractivity contribution >= 4 is 23.4 Å². The fourth-order valence-electron chi connectivity index (χ4n) is 3.07. The van der Waals surface area contributed by atoms with Gasteiger partial charge in [-0.1, -0.05) is 24.3 Å². The number of nitrogens with zero attached hydrogens (tertiary/aromatic N) is 1. The highest BCUT2D eigenvalue weighted by atomic mass is 32.2. The Morgan fingerprint density at radius 1 is 1.15 bits per heavy atom. The lowest BCUT2D eigenvalue weighted by atomic mass is 10.1. The molecule has 4 nitrogen and oxygen atoms in total. The van der Waals surface area contributed by atoms with Gasteiger partial charge in [-0.25, -0.2) is 0 Å². The maximum Gasteiger partial charge on any atom is 0.228 e. The molecule has 0 unspecified atom stereocenters. The van der Waals surface area contributed by atoms with Gasteiger partial charge in [-0.15, -0.1) is 11.8 Å². The molecule has 0 saturated carbocycles. The summed E-state index contributed by atoms with van der Waals surface area (Å²) >= 11 is 1.84. The van der Waals surface area contributed by atoms with Crippen molar-refractivity contribution in [3.8, 4) is 5.75 Å². The van der Waals surface area contributed by atoms with Crippen LogP contribution in [0.2, 0.25) is 0 Å². The van der Waals surface area contributed by atoms with Crippen LogP contribution in [0.25, 0.3) is 0 Å². The van der Waals surface area contributed by atoms with Gasteiger partial charge in [0, 0.05) is 24.4 Å². The van der Waals surface area contributed by atoms with Gasteiger partial charge < -0.3 is 15.0 Å². The van der Waals surface area contributed by atoms with Crippen molar-refractivity contribution in [3.63, 3.8) is 0 Å². The number of anilines is 1. The van der Waals surface area contributed by atoms with Crippen LogP contribution in [-0.4, -0.2) is 38.4 Å². The Kier molecular flexibility index (Phi) is 6.97. The lowest BCUT2D eigenvalue weighted by Gasteiger charge is -2.22. The Morgan fingerprint density at radius 2 is 1.96 bits per heavy atom. The van der Waals surface area contributed by atoms with Gasteiger partial charge in [0.15, 0.2) is 0 Å². The average molecular weight is 371 g/mol. The van der Waals surface area contributed by atoms with E-state index in [1.165, 1.54) is 10.5 Å². The second-order valence-corrected chi connectivity index (χ2v) is 7.45. The molecule has 1 aliphatic rings. The molecule has 26 heavy (non-hydrogen) atoms. The molecule has 2 aromatic rings. The van der Waals surface area contributed by atoms with Gasteiger partial charge in [-0.2, -0.15) is 0 Å². The fourth-order valence-corrected chi connectivity index (χ4v) is 4.06. The van der Waals surface area contributed by atoms with Gasteiger partial charge in [0.2, 0.25) is 5.91 Å². The average Bonchev–Trinajstić information content (AvgIpc) is 2.90. The van der Waals surface area contributed by atoms with E-state index in [4.69, 9.17) is 4.74 Å². The van der Waals surface area contributed by atoms with E-state index in [1.54, 1.807) is 7.11 Å². The van der Waals surface area contributed by atoms with Crippen LogP contribution in [0.1, 0.15) is 18.4 Å². The zero-order valence-corrected chi connectivity index (χ0v) is 16.1. The normalized spacial score (nSPS) is 13.8. The molecule has 0 radical (unpaired) electrons. The predicted molar refractivity (Wildman–Crippen MR) is 108 cm³/mol. The summed E-state index contributed by atoms with van der Waals surface area (Å²) in [5, 5.41) is 3.39. The molecule has 0 fully saturated rings. The third kappa shape index (κ3) is 5.02. The number of thioether (sulfide) groups is 1. The number of hydrogen-bond donors (Lipinski definition) is 1. The van der Waals surface area contributed by atoms with Gasteiger partial charge in [0.05, 0.1) is 12.8 Å². The van der Waals surface area contributed by atoms with Gasteiger partial charge in [0.25, 0.3) is 0 Å². The number of ether oxygens (including phenoxy) is 1. The molecule has 138 valence electrons. The van der Waals surface area contributed by atoms with Gasteiger partial charge in [-0.05, 0) is 55.0 Å². The van der Waals surface area contributed by atoms with E-state index in [1.807, 2.05) is 40.9 Å². The highest BCUT2D eigenvalue weighted by Gasteiger charge is 2.20. The molecule has 0 atom stereocenters. The molecule has 1 amide bonds. The van der Waals surface area contributed by atoms with Crippen LogP contribution >= 0.6 is 11.8 Å². The summed E-state index contributed by atoms with van der Waals surface area (Å²) in [5.41, 5.74) is 2.33. The quantitative estimate of drug-likeness (QED) is 0.754. The molecule has 0 saturated heterocycles. The van der Waals surface area contributed by atoms with Crippen LogP contribution in [0.5, 0.6) is 5.75 Å². The van der Waals surface area contributed by atoms with Crippen LogP contribution in [0, 0.1) is 0 Å². The molecule has 1 N–H and O–H groups in total. The maximum absolute atomic E-state index is 12.7. The second-order valence-electron chi connectivity index (χ2n) is 6.31. The van der Waals surface area contributed by atoms with Crippen molar-refractivity contribution in [2.24, 2.45) is 0 Å². The molecule has 5 heteroatoms. The lowest BCUT2D eigenvalue weighted by Crippen LogP contribution is -2.34. The van der Waals surface area contributed by atoms with Gasteiger partial charge >= 0.3 is 0 Å². The number of carbonyl (C=O) groups excluding carboxylic acids is 1. The Labute approximate surface area is 159 Å². The molecule has 0 aliphatic carbocycles. The smallest absolute Gasteiger partial charge is 0.228 e. The third-order valence-corrected chi connectivity index (χ3v) is 5.65. The minimum atomic E-state index is 0.205. The molecular formula is C21H26N2O2S. The lowest BCUT2D eigenvalue weighted by molar-refractivity contribution is -0.118. The number of hydrogen-bond acceptors (Lipinski definition) is 4. The highest BCUT2D eigenvalue weighted by molar-refractivity contribution is 7.99. The number of rotatable bonds is 7. The summed E-state index contributed by atoms with van der Waals surface area (Å²) in [4.78, 5) is 15.9.